The number of anilines is 1. The maximum Gasteiger partial charge on any atom is 0.433 e. The molecule has 2 N–H and O–H groups in total. The second kappa shape index (κ2) is 13.3. The van der Waals surface area contributed by atoms with Crippen LogP contribution in [0.2, 0.25) is 10.0 Å². The standard InChI is InChI=1S/C26H25Cl2F3N4O4S/c1-17(36)32-12-3-13-40(38,39)35(16-20-4-2-5-22(27)24(20)28)21-9-7-19(8-10-21)25(37)34-15-18-6-11-23(33-14-18)26(29,30)31/h2,4-11,14H,3,12-13,15-16H2,1H3,(H,32,36)(H,34,37). The Balaban J connectivity index is 1.76. The van der Waals surface area contributed by atoms with Gasteiger partial charge < -0.3 is 10.6 Å². The Bertz CT molecular complexity index is 1450. The third kappa shape index (κ3) is 8.57. The van der Waals surface area contributed by atoms with E-state index in [9.17, 15) is 31.2 Å². The molecule has 1 aromatic heterocycles. The fourth-order valence-electron chi connectivity index (χ4n) is 3.56. The second-order valence-corrected chi connectivity index (χ2v) is 11.4. The van der Waals surface area contributed by atoms with Gasteiger partial charge in [0.1, 0.15) is 5.69 Å². The molecule has 0 bridgehead atoms. The molecule has 0 aliphatic carbocycles. The van der Waals surface area contributed by atoms with Crippen molar-refractivity contribution in [1.29, 1.82) is 0 Å². The maximum atomic E-state index is 13.3. The average molecular weight is 617 g/mol. The molecule has 0 atom stereocenters. The van der Waals surface area contributed by atoms with E-state index >= 15 is 0 Å². The first-order valence-electron chi connectivity index (χ1n) is 11.9. The highest BCUT2D eigenvalue weighted by Gasteiger charge is 2.32. The van der Waals surface area contributed by atoms with Gasteiger partial charge in [0.05, 0.1) is 28.0 Å². The summed E-state index contributed by atoms with van der Waals surface area (Å²) in [6.07, 6.45) is -3.36. The molecule has 3 rings (SSSR count). The van der Waals surface area contributed by atoms with E-state index in [0.717, 1.165) is 16.6 Å². The second-order valence-electron chi connectivity index (χ2n) is 8.65. The molecule has 0 saturated heterocycles. The van der Waals surface area contributed by atoms with Gasteiger partial charge in [-0.05, 0) is 53.9 Å². The Kier molecular flexibility index (Phi) is 10.4. The molecule has 214 valence electrons. The molecule has 0 radical (unpaired) electrons. The summed E-state index contributed by atoms with van der Waals surface area (Å²) < 4.78 is 65.8. The van der Waals surface area contributed by atoms with Crippen molar-refractivity contribution in [3.63, 3.8) is 0 Å². The van der Waals surface area contributed by atoms with E-state index in [2.05, 4.69) is 15.6 Å². The molecule has 0 spiro atoms. The number of hydrogen-bond donors (Lipinski definition) is 2. The number of hydrogen-bond acceptors (Lipinski definition) is 5. The zero-order chi connectivity index (χ0) is 29.5. The Morgan fingerprint density at radius 1 is 1.00 bits per heavy atom. The molecule has 2 amide bonds. The molecule has 14 heteroatoms. The van der Waals surface area contributed by atoms with Gasteiger partial charge in [0, 0.05) is 31.8 Å². The Hall–Kier alpha value is -3.35. The molecular weight excluding hydrogens is 592 g/mol. The fourth-order valence-corrected chi connectivity index (χ4v) is 5.45. The summed E-state index contributed by atoms with van der Waals surface area (Å²) in [6.45, 7) is 1.32. The topological polar surface area (TPSA) is 108 Å². The van der Waals surface area contributed by atoms with Crippen molar-refractivity contribution in [2.75, 3.05) is 16.6 Å². The molecular formula is C26H25Cl2F3N4O4S. The SMILES string of the molecule is CC(=O)NCCCS(=O)(=O)N(Cc1cccc(Cl)c1Cl)c1ccc(C(=O)NCc2ccc(C(F)(F)F)nc2)cc1. The molecule has 2 aromatic carbocycles. The third-order valence-corrected chi connectivity index (χ3v) is 8.29. The highest BCUT2D eigenvalue weighted by atomic mass is 35.5. The van der Waals surface area contributed by atoms with Gasteiger partial charge in [0.25, 0.3) is 5.91 Å². The fraction of sp³-hybridized carbons (Fsp3) is 0.269. The van der Waals surface area contributed by atoms with Gasteiger partial charge in [0.2, 0.25) is 15.9 Å². The minimum Gasteiger partial charge on any atom is -0.356 e. The zero-order valence-corrected chi connectivity index (χ0v) is 23.5. The number of nitrogens with one attached hydrogen (secondary N) is 2. The molecule has 40 heavy (non-hydrogen) atoms. The molecule has 0 saturated carbocycles. The lowest BCUT2D eigenvalue weighted by atomic mass is 10.1. The van der Waals surface area contributed by atoms with Crippen molar-refractivity contribution < 1.29 is 31.2 Å². The number of amides is 2. The summed E-state index contributed by atoms with van der Waals surface area (Å²) in [6, 6.07) is 12.7. The van der Waals surface area contributed by atoms with Crippen LogP contribution < -0.4 is 14.9 Å². The Morgan fingerprint density at radius 2 is 1.70 bits per heavy atom. The minimum absolute atomic E-state index is 0.0617. The van der Waals surface area contributed by atoms with E-state index < -0.39 is 27.8 Å². The summed E-state index contributed by atoms with van der Waals surface area (Å²) in [7, 11) is -3.90. The highest BCUT2D eigenvalue weighted by molar-refractivity contribution is 7.92. The summed E-state index contributed by atoms with van der Waals surface area (Å²) in [5.74, 6) is -1.06. The van der Waals surface area contributed by atoms with Crippen LogP contribution in [0.25, 0.3) is 0 Å². The van der Waals surface area contributed by atoms with E-state index in [-0.39, 0.29) is 59.0 Å². The first kappa shape index (κ1) is 31.2. The number of alkyl halides is 3. The molecule has 8 nitrogen and oxygen atoms in total. The van der Waals surface area contributed by atoms with Gasteiger partial charge in [-0.2, -0.15) is 13.2 Å². The zero-order valence-electron chi connectivity index (χ0n) is 21.1. The lowest BCUT2D eigenvalue weighted by Gasteiger charge is -2.25. The largest absolute Gasteiger partial charge is 0.433 e. The van der Waals surface area contributed by atoms with Crippen molar-refractivity contribution in [1.82, 2.24) is 15.6 Å². The van der Waals surface area contributed by atoms with Crippen LogP contribution in [0.5, 0.6) is 0 Å². The van der Waals surface area contributed by atoms with E-state index in [1.165, 1.54) is 37.3 Å². The quantitative estimate of drug-likeness (QED) is 0.288. The average Bonchev–Trinajstić information content (AvgIpc) is 2.90. The van der Waals surface area contributed by atoms with Gasteiger partial charge in [-0.15, -0.1) is 0 Å². The summed E-state index contributed by atoms with van der Waals surface area (Å²) in [4.78, 5) is 27.1. The lowest BCUT2D eigenvalue weighted by Crippen LogP contribution is -2.34. The van der Waals surface area contributed by atoms with Crippen molar-refractivity contribution in [2.24, 2.45) is 0 Å². The van der Waals surface area contributed by atoms with Crippen LogP contribution in [0.15, 0.2) is 60.8 Å². The number of pyridine rings is 1. The van der Waals surface area contributed by atoms with Crippen LogP contribution in [0.1, 0.15) is 40.5 Å². The Morgan fingerprint density at radius 3 is 2.30 bits per heavy atom. The predicted molar refractivity (Wildman–Crippen MR) is 147 cm³/mol. The lowest BCUT2D eigenvalue weighted by molar-refractivity contribution is -0.141. The van der Waals surface area contributed by atoms with Crippen LogP contribution in [0.4, 0.5) is 18.9 Å². The highest BCUT2D eigenvalue weighted by Crippen LogP contribution is 2.30. The molecule has 0 fully saturated rings. The first-order chi connectivity index (χ1) is 18.8. The number of halogens is 5. The van der Waals surface area contributed by atoms with Crippen molar-refractivity contribution in [2.45, 2.75) is 32.6 Å². The monoisotopic (exact) mass is 616 g/mol. The number of carbonyl (C=O) groups is 2. The maximum absolute atomic E-state index is 13.3. The van der Waals surface area contributed by atoms with Crippen LogP contribution in [0, 0.1) is 0 Å². The summed E-state index contributed by atoms with van der Waals surface area (Å²) in [5, 5.41) is 5.61. The van der Waals surface area contributed by atoms with E-state index in [4.69, 9.17) is 23.2 Å². The van der Waals surface area contributed by atoms with Crippen LogP contribution in [0.3, 0.4) is 0 Å². The normalized spacial score (nSPS) is 11.7. The number of sulfonamides is 1. The molecule has 0 unspecified atom stereocenters. The van der Waals surface area contributed by atoms with Gasteiger partial charge >= 0.3 is 6.18 Å². The van der Waals surface area contributed by atoms with Crippen molar-refractivity contribution in [3.8, 4) is 0 Å². The number of aromatic nitrogens is 1. The molecule has 3 aromatic rings. The van der Waals surface area contributed by atoms with Crippen LogP contribution in [-0.4, -0.2) is 37.5 Å². The van der Waals surface area contributed by atoms with Gasteiger partial charge in [-0.1, -0.05) is 41.4 Å². The van der Waals surface area contributed by atoms with Crippen molar-refractivity contribution >= 4 is 50.7 Å². The summed E-state index contributed by atoms with van der Waals surface area (Å²) in [5.41, 5.74) is 0.262. The van der Waals surface area contributed by atoms with E-state index in [0.29, 0.717) is 11.1 Å². The smallest absolute Gasteiger partial charge is 0.356 e. The van der Waals surface area contributed by atoms with Gasteiger partial charge in [-0.25, -0.2) is 8.42 Å². The summed E-state index contributed by atoms with van der Waals surface area (Å²) >= 11 is 12.4. The number of rotatable bonds is 11. The number of carbonyl (C=O) groups excluding carboxylic acids is 2. The number of benzene rings is 2. The predicted octanol–water partition coefficient (Wildman–Crippen LogP) is 5.20. The third-order valence-electron chi connectivity index (χ3n) is 5.62. The minimum atomic E-state index is -4.56. The Labute approximate surface area is 239 Å². The van der Waals surface area contributed by atoms with Crippen LogP contribution in [-0.2, 0) is 34.1 Å². The van der Waals surface area contributed by atoms with Crippen LogP contribution >= 0.6 is 23.2 Å². The molecule has 0 aliphatic rings. The molecule has 0 aliphatic heterocycles. The van der Waals surface area contributed by atoms with Gasteiger partial charge in [-0.3, -0.25) is 18.9 Å². The number of nitrogens with zero attached hydrogens (tertiary/aromatic N) is 2. The molecule has 1 heterocycles. The van der Waals surface area contributed by atoms with E-state index in [1.54, 1.807) is 18.2 Å². The van der Waals surface area contributed by atoms with E-state index in [1.807, 2.05) is 0 Å². The van der Waals surface area contributed by atoms with Crippen molar-refractivity contribution in [3.05, 3.63) is 93.2 Å². The van der Waals surface area contributed by atoms with Gasteiger partial charge in [0.15, 0.2) is 0 Å². The first-order valence-corrected chi connectivity index (χ1v) is 14.2.